The van der Waals surface area contributed by atoms with Crippen molar-refractivity contribution in [2.75, 3.05) is 30.5 Å². The van der Waals surface area contributed by atoms with Gasteiger partial charge in [-0.1, -0.05) is 46.9 Å². The van der Waals surface area contributed by atoms with E-state index in [0.717, 1.165) is 0 Å². The van der Waals surface area contributed by atoms with Gasteiger partial charge in [-0.05, 0) is 42.4 Å². The molecule has 3 aromatic heterocycles. The number of nitriles is 1. The summed E-state index contributed by atoms with van der Waals surface area (Å²) in [6.07, 6.45) is -3.42. The number of anilines is 2. The van der Waals surface area contributed by atoms with Crippen LogP contribution in [-0.2, 0) is 52.9 Å². The highest BCUT2D eigenvalue weighted by Gasteiger charge is 2.55. The molecule has 5 heterocycles. The lowest BCUT2D eigenvalue weighted by atomic mass is 10.1. The van der Waals surface area contributed by atoms with Crippen LogP contribution in [0.3, 0.4) is 0 Å². The van der Waals surface area contributed by atoms with Crippen molar-refractivity contribution in [2.24, 2.45) is 11.8 Å². The first kappa shape index (κ1) is 44.8. The van der Waals surface area contributed by atoms with Gasteiger partial charge in [-0.3, -0.25) is 38.0 Å². The molecule has 3 fully saturated rings. The molecule has 25 heteroatoms. The second-order valence-electron chi connectivity index (χ2n) is 16.0. The van der Waals surface area contributed by atoms with E-state index in [4.69, 9.17) is 43.6 Å². The Balaban J connectivity index is 1.44. The van der Waals surface area contributed by atoms with Crippen molar-refractivity contribution in [1.82, 2.24) is 29.5 Å². The first-order valence-corrected chi connectivity index (χ1v) is 26.7. The molecule has 318 valence electrons. The Morgan fingerprint density at radius 2 is 2.00 bits per heavy atom. The minimum atomic E-state index is -4.34. The van der Waals surface area contributed by atoms with E-state index in [1.807, 2.05) is 39.9 Å². The Kier molecular flexibility index (Phi) is 13.7. The highest BCUT2D eigenvalue weighted by Crippen LogP contribution is 2.60. The molecule has 0 spiro atoms. The number of fused-ring (bicyclic) bond motifs is 4. The molecule has 2 bridgehead atoms. The molecule has 3 aliphatic rings. The molecule has 0 aromatic carbocycles. The van der Waals surface area contributed by atoms with Crippen molar-refractivity contribution in [3.63, 3.8) is 0 Å². The molecule has 0 unspecified atom stereocenters. The number of hydrogen-bond donors (Lipinski definition) is 4. The zero-order valence-electron chi connectivity index (χ0n) is 32.9. The SMILES string of the molecule is CC(C)C(=O)Nc1nc2c(ncn2[C@@H]2O[C@@H]3CO[P@](=O)(S)O[C@@H]4[C@@H](CO[P@@](=S)(OCCC#N)O[C@@H]2[C@@H]3O[Si](C)(C)C(C)(C)C)C[C@@H](Nc2ccncn2)[C@H]4F)c(=O)[nH]1. The third kappa shape index (κ3) is 10.1. The molecule has 6 rings (SSSR count). The zero-order chi connectivity index (χ0) is 42.2. The maximum Gasteiger partial charge on any atom is 0.386 e. The lowest BCUT2D eigenvalue weighted by Crippen LogP contribution is -2.50. The fourth-order valence-corrected chi connectivity index (χ4v) is 11.3. The van der Waals surface area contributed by atoms with Crippen molar-refractivity contribution in [2.45, 2.75) is 108 Å². The summed E-state index contributed by atoms with van der Waals surface area (Å²) in [5.74, 6) is -1.35. The summed E-state index contributed by atoms with van der Waals surface area (Å²) >= 11 is 10.3. The lowest BCUT2D eigenvalue weighted by molar-refractivity contribution is -0.118. The largest absolute Gasteiger partial charge is 0.408 e. The zero-order valence-corrected chi connectivity index (χ0v) is 37.4. The van der Waals surface area contributed by atoms with Gasteiger partial charge in [-0.2, -0.15) is 10.2 Å². The van der Waals surface area contributed by atoms with Gasteiger partial charge in [0.25, 0.3) is 5.56 Å². The van der Waals surface area contributed by atoms with E-state index >= 15 is 4.39 Å². The Bertz CT molecular complexity index is 2160. The maximum absolute atomic E-state index is 16.3. The monoisotopic (exact) mass is 903 g/mol. The van der Waals surface area contributed by atoms with Gasteiger partial charge < -0.3 is 23.5 Å². The van der Waals surface area contributed by atoms with Crippen LogP contribution >= 0.6 is 25.8 Å². The van der Waals surface area contributed by atoms with Crippen LogP contribution in [0.25, 0.3) is 11.2 Å². The number of nitrogens with zero attached hydrogens (tertiary/aromatic N) is 6. The average Bonchev–Trinajstić information content (AvgIpc) is 3.79. The Morgan fingerprint density at radius 1 is 1.24 bits per heavy atom. The smallest absolute Gasteiger partial charge is 0.386 e. The predicted octanol–water partition coefficient (Wildman–Crippen LogP) is 5.64. The molecular formula is C33H48FN9O10P2S2Si. The minimum absolute atomic E-state index is 0.0167. The standard InChI is InChI=1S/C33H48FN9O10P2S2Si/c1-18(2)29(44)41-32-40-28-24(30(45)42-32)38-17-43(28)31-27-26(53-58(6,7)33(3,4)5)21(50-31)15-48-54(46,56)51-25-19(14-49-55(57,52-27)47-12-8-10-35)13-20(23(25)34)39-22-9-11-36-16-37-22/h9,11,16-21,23,25-27,31H,8,12-15H2,1-7H3,(H,46,56)(H,36,37,39)(H2,40,41,42,44,45)/t19-,20-,21-,23-,25-,26-,27-,31-,54+,55+/m1/s1. The second-order valence-corrected chi connectivity index (χ2v) is 26.6. The summed E-state index contributed by atoms with van der Waals surface area (Å²) in [5, 5.41) is 14.7. The first-order valence-electron chi connectivity index (χ1n) is 18.6. The van der Waals surface area contributed by atoms with E-state index in [-0.39, 0.29) is 54.1 Å². The summed E-state index contributed by atoms with van der Waals surface area (Å²) in [6.45, 7) is 4.35. The molecule has 58 heavy (non-hydrogen) atoms. The van der Waals surface area contributed by atoms with Gasteiger partial charge in [0.1, 0.15) is 42.7 Å². The number of hydrogen-bond acceptors (Lipinski definition) is 17. The molecular weight excluding hydrogens is 856 g/mol. The van der Waals surface area contributed by atoms with Crippen molar-refractivity contribution in [3.05, 3.63) is 35.3 Å². The van der Waals surface area contributed by atoms with Crippen molar-refractivity contribution in [1.29, 1.82) is 5.26 Å². The highest BCUT2D eigenvalue weighted by molar-refractivity contribution is 8.44. The number of aromatic nitrogens is 6. The summed E-state index contributed by atoms with van der Waals surface area (Å²) in [5.41, 5.74) is -0.697. The Hall–Kier alpha value is -2.71. The molecule has 3 N–H and O–H groups in total. The molecule has 1 aliphatic carbocycles. The number of carbonyl (C=O) groups excluding carboxylic acids is 1. The van der Waals surface area contributed by atoms with Gasteiger partial charge in [0.05, 0.1) is 44.7 Å². The predicted molar refractivity (Wildman–Crippen MR) is 219 cm³/mol. The van der Waals surface area contributed by atoms with Crippen LogP contribution in [0.2, 0.25) is 18.1 Å². The number of rotatable bonds is 10. The molecule has 2 aliphatic heterocycles. The van der Waals surface area contributed by atoms with Crippen LogP contribution < -0.4 is 16.2 Å². The molecule has 1 saturated carbocycles. The van der Waals surface area contributed by atoms with E-state index in [9.17, 15) is 19.4 Å². The molecule has 10 atom stereocenters. The van der Waals surface area contributed by atoms with Gasteiger partial charge in [0, 0.05) is 18.0 Å². The van der Waals surface area contributed by atoms with Crippen LogP contribution in [0.1, 0.15) is 53.7 Å². The molecule has 3 aromatic rings. The van der Waals surface area contributed by atoms with Crippen molar-refractivity contribution < 1.29 is 45.5 Å². The number of aromatic amines is 1. The van der Waals surface area contributed by atoms with Crippen LogP contribution in [-0.4, -0.2) is 100 Å². The van der Waals surface area contributed by atoms with Crippen LogP contribution in [0.4, 0.5) is 16.2 Å². The van der Waals surface area contributed by atoms with Gasteiger partial charge in [0.2, 0.25) is 11.9 Å². The minimum Gasteiger partial charge on any atom is -0.408 e. The lowest BCUT2D eigenvalue weighted by Gasteiger charge is -2.41. The third-order valence-electron chi connectivity index (χ3n) is 10.4. The second kappa shape index (κ2) is 17.7. The summed E-state index contributed by atoms with van der Waals surface area (Å²) in [7, 11) is -2.72. The van der Waals surface area contributed by atoms with E-state index in [1.54, 1.807) is 19.9 Å². The Labute approximate surface area is 345 Å². The normalized spacial score (nSPS) is 32.2. The summed E-state index contributed by atoms with van der Waals surface area (Å²) < 4.78 is 76.3. The van der Waals surface area contributed by atoms with Gasteiger partial charge in [-0.25, -0.2) is 23.9 Å². The number of amides is 1. The van der Waals surface area contributed by atoms with Crippen LogP contribution in [0.5, 0.6) is 0 Å². The maximum atomic E-state index is 16.3. The molecule has 2 saturated heterocycles. The van der Waals surface area contributed by atoms with Crippen LogP contribution in [0, 0.1) is 23.2 Å². The fraction of sp³-hybridized carbons (Fsp3) is 0.667. The number of nitrogens with one attached hydrogen (secondary N) is 3. The fourth-order valence-electron chi connectivity index (χ4n) is 6.35. The molecule has 1 amide bonds. The van der Waals surface area contributed by atoms with Gasteiger partial charge >= 0.3 is 13.5 Å². The molecule has 19 nitrogen and oxygen atoms in total. The average molecular weight is 904 g/mol. The van der Waals surface area contributed by atoms with E-state index in [1.165, 1.54) is 23.4 Å². The highest BCUT2D eigenvalue weighted by atomic mass is 32.7. The summed E-state index contributed by atoms with van der Waals surface area (Å²) in [4.78, 5) is 45.2. The Morgan fingerprint density at radius 3 is 2.67 bits per heavy atom. The van der Waals surface area contributed by atoms with E-state index < -0.39 is 88.7 Å². The topological polar surface area (TPSA) is 236 Å². The van der Waals surface area contributed by atoms with Gasteiger partial charge in [0.15, 0.2) is 25.7 Å². The number of imidazole rings is 1. The van der Waals surface area contributed by atoms with E-state index in [0.29, 0.717) is 5.82 Å². The number of thiol groups is 1. The van der Waals surface area contributed by atoms with Gasteiger partial charge in [-0.15, -0.1) is 0 Å². The van der Waals surface area contributed by atoms with E-state index in [2.05, 4.69) is 47.8 Å². The number of H-pyrrole nitrogens is 1. The first-order chi connectivity index (χ1) is 27.2. The van der Waals surface area contributed by atoms with Crippen molar-refractivity contribution in [3.8, 4) is 6.07 Å². The molecule has 0 radical (unpaired) electrons. The number of carbonyl (C=O) groups is 1. The quantitative estimate of drug-likeness (QED) is 0.0834. The third-order valence-corrected chi connectivity index (χ3v) is 18.9. The number of alkyl halides is 1. The summed E-state index contributed by atoms with van der Waals surface area (Å²) in [6, 6.07) is 2.73. The number of ether oxygens (including phenoxy) is 1. The van der Waals surface area contributed by atoms with Crippen LogP contribution in [0.15, 0.2) is 29.7 Å². The number of halogens is 1. The van der Waals surface area contributed by atoms with Crippen molar-refractivity contribution >= 4 is 74.7 Å².